The zero-order chi connectivity index (χ0) is 17.5. The van der Waals surface area contributed by atoms with Gasteiger partial charge < -0.3 is 9.87 Å². The zero-order valence-corrected chi connectivity index (χ0v) is 15.8. The molecule has 2 aromatic rings. The minimum atomic E-state index is -3.88. The summed E-state index contributed by atoms with van der Waals surface area (Å²) in [7, 11) is -3.88. The Hall–Kier alpha value is -1.41. The van der Waals surface area contributed by atoms with Gasteiger partial charge in [0.05, 0.1) is 10.7 Å². The molecule has 2 N–H and O–H groups in total. The molecule has 0 saturated carbocycles. The molecule has 1 heterocycles. The summed E-state index contributed by atoms with van der Waals surface area (Å²) >= 11 is 9.54. The molecule has 3 rings (SSSR count). The number of anilines is 2. The summed E-state index contributed by atoms with van der Waals surface area (Å²) in [5.74, 6) is -0.136. The molecule has 126 valence electrons. The maximum atomic E-state index is 12.7. The molecular weight excluding hydrogens is 416 g/mol. The molecule has 0 saturated heterocycles. The van der Waals surface area contributed by atoms with Gasteiger partial charge in [0.1, 0.15) is 0 Å². The summed E-state index contributed by atoms with van der Waals surface area (Å²) in [4.78, 5) is 11.4. The zero-order valence-electron chi connectivity index (χ0n) is 12.7. The van der Waals surface area contributed by atoms with Gasteiger partial charge in [-0.25, -0.2) is 4.72 Å². The van der Waals surface area contributed by atoms with Crippen LogP contribution in [0.15, 0.2) is 39.7 Å². The van der Waals surface area contributed by atoms with Gasteiger partial charge >= 0.3 is 0 Å². The van der Waals surface area contributed by atoms with E-state index in [0.29, 0.717) is 24.2 Å². The SMILES string of the molecule is Cc1ccc(N[S+](=O)([O-])c2cc3c(cc2Cl)CCC(=O)N3)cc1Br. The third kappa shape index (κ3) is 3.49. The van der Waals surface area contributed by atoms with E-state index in [4.69, 9.17) is 11.6 Å². The lowest BCUT2D eigenvalue weighted by molar-refractivity contribution is -0.116. The van der Waals surface area contributed by atoms with Crippen LogP contribution in [0.25, 0.3) is 0 Å². The molecule has 8 heteroatoms. The van der Waals surface area contributed by atoms with Crippen molar-refractivity contribution < 1.29 is 13.6 Å². The van der Waals surface area contributed by atoms with Gasteiger partial charge in [-0.15, -0.1) is 0 Å². The predicted molar refractivity (Wildman–Crippen MR) is 98.0 cm³/mol. The van der Waals surface area contributed by atoms with E-state index in [2.05, 4.69) is 26.0 Å². The Kier molecular flexibility index (Phi) is 4.70. The maximum Gasteiger partial charge on any atom is 0.224 e. The number of carbonyl (C=O) groups is 1. The lowest BCUT2D eigenvalue weighted by Crippen LogP contribution is -2.24. The minimum Gasteiger partial charge on any atom is -0.588 e. The van der Waals surface area contributed by atoms with Crippen molar-refractivity contribution in [3.05, 3.63) is 51.0 Å². The molecule has 1 atom stereocenters. The first kappa shape index (κ1) is 17.4. The molecule has 1 aliphatic heterocycles. The van der Waals surface area contributed by atoms with Crippen molar-refractivity contribution in [3.63, 3.8) is 0 Å². The highest BCUT2D eigenvalue weighted by Gasteiger charge is 2.28. The Balaban J connectivity index is 1.97. The van der Waals surface area contributed by atoms with Gasteiger partial charge in [0.2, 0.25) is 10.8 Å². The number of fused-ring (bicyclic) bond motifs is 1. The first-order valence-electron chi connectivity index (χ1n) is 7.17. The van der Waals surface area contributed by atoms with Gasteiger partial charge in [0.25, 0.3) is 0 Å². The molecule has 1 aliphatic rings. The highest BCUT2D eigenvalue weighted by Crippen LogP contribution is 2.35. The van der Waals surface area contributed by atoms with E-state index in [1.165, 1.54) is 6.07 Å². The van der Waals surface area contributed by atoms with Crippen LogP contribution < -0.4 is 10.0 Å². The second kappa shape index (κ2) is 6.48. The first-order valence-corrected chi connectivity index (χ1v) is 9.83. The Morgan fingerprint density at radius 2 is 2.04 bits per heavy atom. The van der Waals surface area contributed by atoms with Crippen LogP contribution in [0.4, 0.5) is 11.4 Å². The summed E-state index contributed by atoms with van der Waals surface area (Å²) in [5.41, 5.74) is 2.73. The maximum absolute atomic E-state index is 12.7. The van der Waals surface area contributed by atoms with E-state index >= 15 is 0 Å². The number of aryl methyl sites for hydroxylation is 2. The van der Waals surface area contributed by atoms with Crippen LogP contribution >= 0.6 is 27.5 Å². The molecule has 1 amide bonds. The van der Waals surface area contributed by atoms with Crippen LogP contribution in [0, 0.1) is 6.92 Å². The predicted octanol–water partition coefficient (Wildman–Crippen LogP) is 4.31. The number of benzene rings is 2. The standard InChI is InChI=1S/C16H14BrClN2O3S/c1-9-2-4-11(7-12(9)17)20-24(22,23)15-8-14-10(6-13(15)18)3-5-16(21)19-14/h2,4,6-8H,3,5H2,1H3,(H2-,19,20,21,22,23). The first-order chi connectivity index (χ1) is 11.3. The topological polar surface area (TPSA) is 81.3 Å². The molecule has 0 spiro atoms. The number of amides is 1. The van der Waals surface area contributed by atoms with Gasteiger partial charge in [-0.3, -0.25) is 4.79 Å². The fraction of sp³-hybridized carbons (Fsp3) is 0.188. The van der Waals surface area contributed by atoms with E-state index in [1.54, 1.807) is 24.3 Å². The van der Waals surface area contributed by atoms with Crippen molar-refractivity contribution in [2.45, 2.75) is 24.7 Å². The van der Waals surface area contributed by atoms with Crippen LogP contribution in [-0.2, 0) is 25.8 Å². The van der Waals surface area contributed by atoms with Gasteiger partial charge in [0.15, 0.2) is 10.4 Å². The molecule has 0 fully saturated rings. The van der Waals surface area contributed by atoms with Gasteiger partial charge in [-0.2, -0.15) is 0 Å². The van der Waals surface area contributed by atoms with Crippen molar-refractivity contribution in [2.75, 3.05) is 10.0 Å². The molecular formula is C16H14BrClN2O3S. The van der Waals surface area contributed by atoms with Crippen molar-refractivity contribution in [1.82, 2.24) is 0 Å². The van der Waals surface area contributed by atoms with Gasteiger partial charge in [-0.05, 0) is 42.7 Å². The second-order valence-corrected chi connectivity index (χ2v) is 8.47. The Labute approximate surface area is 154 Å². The largest absolute Gasteiger partial charge is 0.588 e. The molecule has 24 heavy (non-hydrogen) atoms. The molecule has 5 nitrogen and oxygen atoms in total. The van der Waals surface area contributed by atoms with E-state index in [9.17, 15) is 13.6 Å². The van der Waals surface area contributed by atoms with E-state index in [1.807, 2.05) is 6.92 Å². The fourth-order valence-corrected chi connectivity index (χ4v) is 4.46. The molecule has 0 bridgehead atoms. The van der Waals surface area contributed by atoms with Crippen molar-refractivity contribution in [3.8, 4) is 0 Å². The summed E-state index contributed by atoms with van der Waals surface area (Å²) < 4.78 is 28.6. The van der Waals surface area contributed by atoms with Gasteiger partial charge in [-0.1, -0.05) is 37.8 Å². The Morgan fingerprint density at radius 3 is 2.75 bits per heavy atom. The molecule has 0 aromatic heterocycles. The molecule has 1 unspecified atom stereocenters. The lowest BCUT2D eigenvalue weighted by atomic mass is 10.0. The van der Waals surface area contributed by atoms with Crippen molar-refractivity contribution >= 4 is 55.2 Å². The summed E-state index contributed by atoms with van der Waals surface area (Å²) in [6.07, 6.45) is 0.907. The Morgan fingerprint density at radius 1 is 1.29 bits per heavy atom. The number of halogens is 2. The quantitative estimate of drug-likeness (QED) is 0.713. The number of nitrogens with one attached hydrogen (secondary N) is 2. The number of hydrogen-bond acceptors (Lipinski definition) is 3. The average Bonchev–Trinajstić information content (AvgIpc) is 2.50. The number of rotatable bonds is 3. The highest BCUT2D eigenvalue weighted by molar-refractivity contribution is 9.10. The van der Waals surface area contributed by atoms with Crippen LogP contribution in [0.5, 0.6) is 0 Å². The third-order valence-electron chi connectivity index (χ3n) is 3.77. The number of sulfonamides is 1. The van der Waals surface area contributed by atoms with E-state index < -0.39 is 10.4 Å². The third-order valence-corrected chi connectivity index (χ3v) is 6.47. The van der Waals surface area contributed by atoms with Crippen LogP contribution in [-0.4, -0.2) is 10.5 Å². The summed E-state index contributed by atoms with van der Waals surface area (Å²) in [6.45, 7) is 1.91. The molecule has 0 radical (unpaired) electrons. The summed E-state index contributed by atoms with van der Waals surface area (Å²) in [6, 6.07) is 8.15. The smallest absolute Gasteiger partial charge is 0.224 e. The van der Waals surface area contributed by atoms with Crippen LogP contribution in [0.3, 0.4) is 0 Å². The minimum absolute atomic E-state index is 0.0678. The summed E-state index contributed by atoms with van der Waals surface area (Å²) in [5, 5.41) is 2.81. The number of hydrogen-bond donors (Lipinski definition) is 2. The monoisotopic (exact) mass is 428 g/mol. The second-order valence-electron chi connectivity index (χ2n) is 5.56. The van der Waals surface area contributed by atoms with Crippen LogP contribution in [0.2, 0.25) is 5.02 Å². The molecule has 2 aromatic carbocycles. The average molecular weight is 430 g/mol. The van der Waals surface area contributed by atoms with Gasteiger partial charge in [0, 0.05) is 22.6 Å². The Bertz CT molecular complexity index is 888. The number of carbonyl (C=O) groups excluding carboxylic acids is 1. The van der Waals surface area contributed by atoms with E-state index in [-0.39, 0.29) is 15.8 Å². The fourth-order valence-electron chi connectivity index (χ4n) is 2.45. The van der Waals surface area contributed by atoms with Crippen molar-refractivity contribution in [1.29, 1.82) is 0 Å². The van der Waals surface area contributed by atoms with Crippen LogP contribution in [0.1, 0.15) is 17.5 Å². The molecule has 0 aliphatic carbocycles. The normalized spacial score (nSPS) is 16.1. The van der Waals surface area contributed by atoms with Crippen molar-refractivity contribution in [2.24, 2.45) is 0 Å². The lowest BCUT2D eigenvalue weighted by Gasteiger charge is -2.21. The van der Waals surface area contributed by atoms with E-state index in [0.717, 1.165) is 15.6 Å². The highest BCUT2D eigenvalue weighted by atomic mass is 79.9.